The third kappa shape index (κ3) is 6.31. The van der Waals surface area contributed by atoms with E-state index in [-0.39, 0.29) is 35.7 Å². The first-order valence-corrected chi connectivity index (χ1v) is 13.8. The highest BCUT2D eigenvalue weighted by Crippen LogP contribution is 2.45. The van der Waals surface area contributed by atoms with Crippen LogP contribution in [0.3, 0.4) is 0 Å². The number of pyridine rings is 2. The lowest BCUT2D eigenvalue weighted by atomic mass is 9.82. The fourth-order valence-corrected chi connectivity index (χ4v) is 4.67. The number of nitrogens with one attached hydrogen (secondary N) is 2. The van der Waals surface area contributed by atoms with Gasteiger partial charge in [-0.2, -0.15) is 13.2 Å². The highest BCUT2D eigenvalue weighted by molar-refractivity contribution is 7.90. The van der Waals surface area contributed by atoms with Crippen LogP contribution in [0.5, 0.6) is 0 Å². The molecule has 0 spiro atoms. The number of nitrogens with two attached hydrogens (primary N) is 1. The maximum absolute atomic E-state index is 13.8. The Morgan fingerprint density at radius 1 is 1.28 bits per heavy atom. The summed E-state index contributed by atoms with van der Waals surface area (Å²) in [5.41, 5.74) is 3.87. The number of halogens is 3. The van der Waals surface area contributed by atoms with Crippen molar-refractivity contribution < 1.29 is 26.4 Å². The number of sulfone groups is 1. The van der Waals surface area contributed by atoms with Crippen LogP contribution in [-0.4, -0.2) is 49.9 Å². The van der Waals surface area contributed by atoms with Crippen molar-refractivity contribution >= 4 is 27.1 Å². The first-order valence-electron chi connectivity index (χ1n) is 11.9. The SMILES string of the molecule is CN/C(=C\CN)c1cc(C(=O)NCc2ccc(S(C)(=O)=O)cn2)c(=O)n(C2=CC(C)(C(F)(F)F)CC=C2)c1C. The van der Waals surface area contributed by atoms with Crippen LogP contribution < -0.4 is 21.9 Å². The summed E-state index contributed by atoms with van der Waals surface area (Å²) in [6.07, 6.45) is 2.73. The van der Waals surface area contributed by atoms with E-state index < -0.39 is 32.9 Å². The van der Waals surface area contributed by atoms with Gasteiger partial charge in [-0.15, -0.1) is 0 Å². The van der Waals surface area contributed by atoms with E-state index in [1.807, 2.05) is 0 Å². The Kier molecular flexibility index (Phi) is 8.56. The van der Waals surface area contributed by atoms with E-state index in [9.17, 15) is 31.2 Å². The van der Waals surface area contributed by atoms with Gasteiger partial charge in [0.25, 0.3) is 11.5 Å². The average molecular weight is 566 g/mol. The molecule has 2 aromatic rings. The maximum atomic E-state index is 13.8. The number of hydrogen-bond donors (Lipinski definition) is 3. The Balaban J connectivity index is 2.11. The molecule has 1 unspecified atom stereocenters. The fourth-order valence-electron chi connectivity index (χ4n) is 4.11. The Bertz CT molecular complexity index is 1520. The molecule has 0 aromatic carbocycles. The first kappa shape index (κ1) is 29.8. The Morgan fingerprint density at radius 2 is 1.97 bits per heavy atom. The van der Waals surface area contributed by atoms with Crippen LogP contribution in [0.2, 0.25) is 0 Å². The molecule has 9 nitrogen and oxygen atoms in total. The van der Waals surface area contributed by atoms with Crippen molar-refractivity contribution in [2.24, 2.45) is 11.1 Å². The Labute approximate surface area is 224 Å². The minimum absolute atomic E-state index is 0.00888. The van der Waals surface area contributed by atoms with Crippen LogP contribution in [0.15, 0.2) is 58.4 Å². The first-order chi connectivity index (χ1) is 18.1. The van der Waals surface area contributed by atoms with Crippen LogP contribution in [-0.2, 0) is 16.4 Å². The topological polar surface area (TPSA) is 136 Å². The lowest BCUT2D eigenvalue weighted by Crippen LogP contribution is -2.37. The number of carbonyl (C=O) groups is 1. The van der Waals surface area contributed by atoms with Gasteiger partial charge < -0.3 is 16.4 Å². The van der Waals surface area contributed by atoms with E-state index in [1.165, 1.54) is 30.4 Å². The fraction of sp³-hybridized carbons (Fsp3) is 0.346. The molecule has 1 aliphatic carbocycles. The Morgan fingerprint density at radius 3 is 2.51 bits per heavy atom. The number of rotatable bonds is 8. The number of nitrogens with zero attached hydrogens (tertiary/aromatic N) is 2. The molecule has 4 N–H and O–H groups in total. The zero-order chi connectivity index (χ0) is 29.2. The van der Waals surface area contributed by atoms with E-state index in [4.69, 9.17) is 5.73 Å². The molecule has 13 heteroatoms. The zero-order valence-electron chi connectivity index (χ0n) is 21.9. The van der Waals surface area contributed by atoms with Crippen molar-refractivity contribution in [2.45, 2.75) is 37.9 Å². The standard InChI is InChI=1S/C26H30F3N5O4S/c1-16-20(22(31-3)9-11-30)12-21(23(35)33-14-17-7-8-19(15-32-17)39(4,37)38)24(36)34(16)18-6-5-10-25(2,13-18)26(27,28)29/h5-9,12-13,15,31H,10-11,14,30H2,1-4H3,(H,33,35)/b22-9-. The van der Waals surface area contributed by atoms with E-state index in [0.717, 1.165) is 30.0 Å². The summed E-state index contributed by atoms with van der Waals surface area (Å²) >= 11 is 0. The summed E-state index contributed by atoms with van der Waals surface area (Å²) in [4.78, 5) is 30.8. The Hall–Kier alpha value is -3.71. The van der Waals surface area contributed by atoms with Gasteiger partial charge in [0.05, 0.1) is 22.5 Å². The molecule has 0 saturated heterocycles. The van der Waals surface area contributed by atoms with Crippen molar-refractivity contribution in [1.29, 1.82) is 0 Å². The van der Waals surface area contributed by atoms with Crippen molar-refractivity contribution in [3.8, 4) is 0 Å². The molecule has 1 aliphatic rings. The van der Waals surface area contributed by atoms with Crippen LogP contribution in [0, 0.1) is 12.3 Å². The molecule has 0 saturated carbocycles. The highest BCUT2D eigenvalue weighted by Gasteiger charge is 2.49. The van der Waals surface area contributed by atoms with Crippen molar-refractivity contribution in [2.75, 3.05) is 19.8 Å². The molecule has 39 heavy (non-hydrogen) atoms. The van der Waals surface area contributed by atoms with Gasteiger partial charge in [-0.05, 0) is 56.7 Å². The molecule has 1 atom stereocenters. The molecule has 210 valence electrons. The maximum Gasteiger partial charge on any atom is 0.397 e. The van der Waals surface area contributed by atoms with Crippen LogP contribution in [0.25, 0.3) is 11.4 Å². The van der Waals surface area contributed by atoms with Crippen molar-refractivity contribution in [1.82, 2.24) is 20.2 Å². The minimum Gasteiger partial charge on any atom is -0.388 e. The van der Waals surface area contributed by atoms with Crippen molar-refractivity contribution in [3.63, 3.8) is 0 Å². The molecule has 0 radical (unpaired) electrons. The van der Waals surface area contributed by atoms with Gasteiger partial charge in [-0.25, -0.2) is 8.42 Å². The second kappa shape index (κ2) is 11.2. The van der Waals surface area contributed by atoms with Gasteiger partial charge in [0.2, 0.25) is 0 Å². The van der Waals surface area contributed by atoms with Gasteiger partial charge in [0, 0.05) is 48.7 Å². The van der Waals surface area contributed by atoms with Gasteiger partial charge in [-0.1, -0.05) is 6.08 Å². The molecule has 3 rings (SSSR count). The third-order valence-electron chi connectivity index (χ3n) is 6.43. The summed E-state index contributed by atoms with van der Waals surface area (Å²) < 4.78 is 65.9. The largest absolute Gasteiger partial charge is 0.397 e. The van der Waals surface area contributed by atoms with Crippen LogP contribution in [0.4, 0.5) is 13.2 Å². The number of carbonyl (C=O) groups excluding carboxylic acids is 1. The molecule has 0 aliphatic heterocycles. The minimum atomic E-state index is -4.56. The lowest BCUT2D eigenvalue weighted by molar-refractivity contribution is -0.198. The van der Waals surface area contributed by atoms with Crippen LogP contribution >= 0.6 is 0 Å². The summed E-state index contributed by atoms with van der Waals surface area (Å²) in [6, 6.07) is 4.13. The molecular formula is C26H30F3N5O4S. The number of hydrogen-bond acceptors (Lipinski definition) is 7. The molecule has 0 bridgehead atoms. The molecule has 2 aromatic heterocycles. The van der Waals surface area contributed by atoms with Gasteiger partial charge in [0.1, 0.15) is 5.56 Å². The second-order valence-electron chi connectivity index (χ2n) is 9.33. The number of allylic oxidation sites excluding steroid dienone is 4. The van der Waals surface area contributed by atoms with E-state index in [1.54, 1.807) is 20.0 Å². The summed E-state index contributed by atoms with van der Waals surface area (Å²) in [6.45, 7) is 2.61. The zero-order valence-corrected chi connectivity index (χ0v) is 22.7. The number of aromatic nitrogens is 2. The molecule has 2 heterocycles. The molecule has 1 amide bonds. The van der Waals surface area contributed by atoms with Crippen LogP contribution in [0.1, 0.15) is 40.7 Å². The predicted octanol–water partition coefficient (Wildman–Crippen LogP) is 2.77. The normalized spacial score (nSPS) is 18.1. The smallest absolute Gasteiger partial charge is 0.388 e. The number of amides is 1. The van der Waals surface area contributed by atoms with E-state index in [0.29, 0.717) is 22.6 Å². The summed E-state index contributed by atoms with van der Waals surface area (Å²) in [5, 5.41) is 5.52. The van der Waals surface area contributed by atoms with Gasteiger partial charge in [-0.3, -0.25) is 19.1 Å². The lowest BCUT2D eigenvalue weighted by Gasteiger charge is -2.31. The molecule has 0 fully saturated rings. The van der Waals surface area contributed by atoms with Gasteiger partial charge in [0.15, 0.2) is 9.84 Å². The molecular weight excluding hydrogens is 535 g/mol. The predicted molar refractivity (Wildman–Crippen MR) is 142 cm³/mol. The summed E-state index contributed by atoms with van der Waals surface area (Å²) in [7, 11) is -1.84. The second-order valence-corrected chi connectivity index (χ2v) is 11.3. The highest BCUT2D eigenvalue weighted by atomic mass is 32.2. The van der Waals surface area contributed by atoms with Crippen molar-refractivity contribution in [3.05, 3.63) is 81.6 Å². The third-order valence-corrected chi connectivity index (χ3v) is 7.53. The average Bonchev–Trinajstić information content (AvgIpc) is 2.85. The van der Waals surface area contributed by atoms with Gasteiger partial charge >= 0.3 is 6.18 Å². The number of alkyl halides is 3. The summed E-state index contributed by atoms with van der Waals surface area (Å²) in [5.74, 6) is -0.786. The van der Waals surface area contributed by atoms with E-state index in [2.05, 4.69) is 15.6 Å². The monoisotopic (exact) mass is 565 g/mol. The quantitative estimate of drug-likeness (QED) is 0.448. The van der Waals surface area contributed by atoms with E-state index >= 15 is 0 Å².